The number of rotatable bonds is 3. The van der Waals surface area contributed by atoms with Gasteiger partial charge in [0, 0.05) is 12.6 Å². The average Bonchev–Trinajstić information content (AvgIpc) is 2.63. The molecule has 0 radical (unpaired) electrons. The van der Waals surface area contributed by atoms with Crippen LogP contribution in [0.25, 0.3) is 0 Å². The van der Waals surface area contributed by atoms with Crippen LogP contribution in [0.1, 0.15) is 38.7 Å². The molecule has 1 N–H and O–H groups in total. The van der Waals surface area contributed by atoms with Crippen LogP contribution in [0.3, 0.4) is 0 Å². The summed E-state index contributed by atoms with van der Waals surface area (Å²) in [5.74, 6) is 1.74. The summed E-state index contributed by atoms with van der Waals surface area (Å²) in [6.07, 6.45) is 4.11. The van der Waals surface area contributed by atoms with Crippen LogP contribution in [0, 0.1) is 11.8 Å². The van der Waals surface area contributed by atoms with Crippen LogP contribution in [0.4, 0.5) is 0 Å². The molecule has 1 saturated carbocycles. The Morgan fingerprint density at radius 2 is 2.25 bits per heavy atom. The molecule has 90 valence electrons. The zero-order valence-corrected chi connectivity index (χ0v) is 12.4. The van der Waals surface area contributed by atoms with Gasteiger partial charge in [-0.15, -0.1) is 11.3 Å². The molecule has 0 bridgehead atoms. The summed E-state index contributed by atoms with van der Waals surface area (Å²) in [6.45, 7) is 5.78. The van der Waals surface area contributed by atoms with Crippen LogP contribution in [0.2, 0.25) is 0 Å². The molecule has 3 unspecified atom stereocenters. The first-order chi connectivity index (χ1) is 7.65. The van der Waals surface area contributed by atoms with Gasteiger partial charge >= 0.3 is 0 Å². The van der Waals surface area contributed by atoms with Gasteiger partial charge in [-0.1, -0.05) is 13.8 Å². The maximum atomic E-state index is 3.71. The van der Waals surface area contributed by atoms with Crippen molar-refractivity contribution in [3.8, 4) is 0 Å². The fourth-order valence-corrected chi connectivity index (χ4v) is 3.87. The van der Waals surface area contributed by atoms with E-state index in [0.717, 1.165) is 24.4 Å². The van der Waals surface area contributed by atoms with Crippen LogP contribution >= 0.6 is 27.3 Å². The molecular formula is C13H20BrNS. The summed E-state index contributed by atoms with van der Waals surface area (Å²) >= 11 is 5.28. The molecule has 0 spiro atoms. The molecular weight excluding hydrogens is 282 g/mol. The van der Waals surface area contributed by atoms with Crippen molar-refractivity contribution in [2.24, 2.45) is 11.8 Å². The highest BCUT2D eigenvalue weighted by Crippen LogP contribution is 2.29. The van der Waals surface area contributed by atoms with E-state index in [1.165, 1.54) is 28.6 Å². The van der Waals surface area contributed by atoms with E-state index in [1.54, 1.807) is 11.3 Å². The van der Waals surface area contributed by atoms with Crippen molar-refractivity contribution < 1.29 is 0 Å². The number of hydrogen-bond acceptors (Lipinski definition) is 2. The molecule has 1 aromatic heterocycles. The molecule has 3 atom stereocenters. The average molecular weight is 302 g/mol. The largest absolute Gasteiger partial charge is 0.310 e. The fraction of sp³-hybridized carbons (Fsp3) is 0.692. The van der Waals surface area contributed by atoms with E-state index in [-0.39, 0.29) is 0 Å². The highest BCUT2D eigenvalue weighted by molar-refractivity contribution is 9.11. The number of thiophene rings is 1. The predicted molar refractivity (Wildman–Crippen MR) is 74.8 cm³/mol. The molecule has 2 rings (SSSR count). The number of nitrogens with one attached hydrogen (secondary N) is 1. The van der Waals surface area contributed by atoms with Gasteiger partial charge in [0.1, 0.15) is 0 Å². The molecule has 0 amide bonds. The van der Waals surface area contributed by atoms with E-state index in [9.17, 15) is 0 Å². The highest BCUT2D eigenvalue weighted by Gasteiger charge is 2.24. The van der Waals surface area contributed by atoms with Gasteiger partial charge in [-0.05, 0) is 64.0 Å². The monoisotopic (exact) mass is 301 g/mol. The first-order valence-corrected chi connectivity index (χ1v) is 7.78. The van der Waals surface area contributed by atoms with Crippen molar-refractivity contribution in [3.05, 3.63) is 20.8 Å². The molecule has 0 saturated heterocycles. The van der Waals surface area contributed by atoms with E-state index >= 15 is 0 Å². The minimum Gasteiger partial charge on any atom is -0.310 e. The lowest BCUT2D eigenvalue weighted by atomic mass is 9.80. The third-order valence-corrected chi connectivity index (χ3v) is 5.17. The van der Waals surface area contributed by atoms with E-state index in [0.29, 0.717) is 0 Å². The molecule has 1 aromatic rings. The van der Waals surface area contributed by atoms with Gasteiger partial charge < -0.3 is 5.32 Å². The fourth-order valence-electron chi connectivity index (χ4n) is 2.66. The van der Waals surface area contributed by atoms with Crippen molar-refractivity contribution in [3.63, 3.8) is 0 Å². The molecule has 1 fully saturated rings. The molecule has 16 heavy (non-hydrogen) atoms. The Kier molecular flexibility index (Phi) is 4.45. The van der Waals surface area contributed by atoms with Gasteiger partial charge in [0.05, 0.1) is 3.79 Å². The normalized spacial score (nSPS) is 30.6. The van der Waals surface area contributed by atoms with Gasteiger partial charge in [-0.25, -0.2) is 0 Å². The van der Waals surface area contributed by atoms with Crippen molar-refractivity contribution in [2.75, 3.05) is 0 Å². The lowest BCUT2D eigenvalue weighted by Gasteiger charge is -2.33. The Balaban J connectivity index is 1.81. The Bertz CT molecular complexity index is 336. The molecule has 3 heteroatoms. The summed E-state index contributed by atoms with van der Waals surface area (Å²) in [4.78, 5) is 0. The molecule has 0 aliphatic heterocycles. The zero-order chi connectivity index (χ0) is 11.5. The molecule has 1 aliphatic rings. The molecule has 1 heterocycles. The Hall–Kier alpha value is 0.140. The second kappa shape index (κ2) is 5.65. The van der Waals surface area contributed by atoms with Gasteiger partial charge in [0.2, 0.25) is 0 Å². The maximum Gasteiger partial charge on any atom is 0.0701 e. The summed E-state index contributed by atoms with van der Waals surface area (Å²) in [6, 6.07) is 2.93. The minimum absolute atomic E-state index is 0.717. The third kappa shape index (κ3) is 3.31. The van der Waals surface area contributed by atoms with Crippen LogP contribution < -0.4 is 5.32 Å². The summed E-state index contributed by atoms with van der Waals surface area (Å²) in [5, 5.41) is 5.94. The quantitative estimate of drug-likeness (QED) is 0.871. The van der Waals surface area contributed by atoms with E-state index in [4.69, 9.17) is 0 Å². The zero-order valence-electron chi connectivity index (χ0n) is 10.0. The van der Waals surface area contributed by atoms with Gasteiger partial charge in [0.25, 0.3) is 0 Å². The molecule has 0 aromatic carbocycles. The van der Waals surface area contributed by atoms with Gasteiger partial charge in [-0.2, -0.15) is 0 Å². The van der Waals surface area contributed by atoms with E-state index in [1.807, 2.05) is 0 Å². The smallest absolute Gasteiger partial charge is 0.0701 e. The maximum absolute atomic E-state index is 3.71. The second-order valence-corrected chi connectivity index (χ2v) is 7.43. The number of hydrogen-bond donors (Lipinski definition) is 1. The van der Waals surface area contributed by atoms with Crippen molar-refractivity contribution in [2.45, 2.75) is 45.7 Å². The number of halogens is 1. The van der Waals surface area contributed by atoms with Crippen LogP contribution in [-0.4, -0.2) is 6.04 Å². The van der Waals surface area contributed by atoms with Crippen LogP contribution in [-0.2, 0) is 6.54 Å². The Labute approximate surface area is 111 Å². The topological polar surface area (TPSA) is 12.0 Å². The van der Waals surface area contributed by atoms with Crippen LogP contribution in [0.5, 0.6) is 0 Å². The van der Waals surface area contributed by atoms with Crippen molar-refractivity contribution in [1.82, 2.24) is 5.32 Å². The SMILES string of the molecule is CC1CCC(NCc2csc(Br)c2)C(C)C1. The first kappa shape index (κ1) is 12.6. The van der Waals surface area contributed by atoms with Crippen LogP contribution in [0.15, 0.2) is 15.2 Å². The lowest BCUT2D eigenvalue weighted by Crippen LogP contribution is -2.38. The summed E-state index contributed by atoms with van der Waals surface area (Å²) in [7, 11) is 0. The molecule has 1 nitrogen and oxygen atoms in total. The predicted octanol–water partition coefficient (Wildman–Crippen LogP) is 4.42. The standard InChI is InChI=1S/C13H20BrNS/c1-9-3-4-12(10(2)5-9)15-7-11-6-13(14)16-8-11/h6,8-10,12,15H,3-5,7H2,1-2H3. The Morgan fingerprint density at radius 3 is 2.88 bits per heavy atom. The summed E-state index contributed by atoms with van der Waals surface area (Å²) in [5.41, 5.74) is 1.41. The third-order valence-electron chi connectivity index (χ3n) is 3.62. The van der Waals surface area contributed by atoms with Crippen molar-refractivity contribution in [1.29, 1.82) is 0 Å². The van der Waals surface area contributed by atoms with E-state index in [2.05, 4.69) is 46.5 Å². The highest BCUT2D eigenvalue weighted by atomic mass is 79.9. The minimum atomic E-state index is 0.717. The van der Waals surface area contributed by atoms with Gasteiger partial charge in [-0.3, -0.25) is 0 Å². The molecule has 1 aliphatic carbocycles. The summed E-state index contributed by atoms with van der Waals surface area (Å²) < 4.78 is 1.23. The first-order valence-electron chi connectivity index (χ1n) is 6.11. The van der Waals surface area contributed by atoms with E-state index < -0.39 is 0 Å². The second-order valence-electron chi connectivity index (χ2n) is 5.14. The Morgan fingerprint density at radius 1 is 1.44 bits per heavy atom. The van der Waals surface area contributed by atoms with Gasteiger partial charge in [0.15, 0.2) is 0 Å². The van der Waals surface area contributed by atoms with Crippen molar-refractivity contribution >= 4 is 27.3 Å². The lowest BCUT2D eigenvalue weighted by molar-refractivity contribution is 0.227.